The Morgan fingerprint density at radius 1 is 0.603 bits per heavy atom. The number of hydrogen-bond donors (Lipinski definition) is 7. The molecule has 3 aromatic rings. The highest BCUT2D eigenvalue weighted by atomic mass is 16.6. The van der Waals surface area contributed by atoms with Crippen LogP contribution >= 0.6 is 0 Å². The molecule has 5 rings (SSSR count). The first-order valence-corrected chi connectivity index (χ1v) is 25.2. The molecule has 8 amide bonds. The standard InChI is InChI=1S/C54H74N8O11/c1-36(2)30-42(58-46(64)43(31-38-18-10-7-11-19-38)59-47(65)44(60-50(68)69)32-39-20-12-8-13-21-39)45(63)57-41(24-16-17-27-55-51(70)73-53(4,5)6)49(67)62-34-54(35-62)25-28-61(29-26-54)48(66)37(3)56-52(71)72-33-40-22-14-9-15-23-40/h7-15,18-23,36-37,41-44,60H,16-17,24-35H2,1-6H3,(H,55,70)(H,56,71)(H,57,63)(H,58,64)(H,59,65)(H,68,69). The molecule has 2 aliphatic rings. The second-order valence-corrected chi connectivity index (χ2v) is 20.6. The number of carboxylic acid groups (broad SMARTS) is 1. The number of ether oxygens (including phenoxy) is 2. The van der Waals surface area contributed by atoms with Gasteiger partial charge in [-0.25, -0.2) is 14.4 Å². The molecule has 2 aliphatic heterocycles. The number of rotatable bonds is 23. The number of nitrogens with one attached hydrogen (secondary N) is 6. The summed E-state index contributed by atoms with van der Waals surface area (Å²) in [5, 5.41) is 25.8. The second kappa shape index (κ2) is 27.0. The van der Waals surface area contributed by atoms with Crippen molar-refractivity contribution in [3.05, 3.63) is 108 Å². The highest BCUT2D eigenvalue weighted by Gasteiger charge is 2.49. The van der Waals surface area contributed by atoms with E-state index in [1.54, 1.807) is 92.1 Å². The topological polar surface area (TPSA) is 254 Å². The molecule has 0 radical (unpaired) electrons. The van der Waals surface area contributed by atoms with Crippen molar-refractivity contribution in [2.75, 3.05) is 32.7 Å². The molecule has 5 unspecified atom stereocenters. The van der Waals surface area contributed by atoms with Crippen molar-refractivity contribution >= 4 is 47.8 Å². The van der Waals surface area contributed by atoms with Gasteiger partial charge in [-0.1, -0.05) is 105 Å². The molecular weight excluding hydrogens is 937 g/mol. The lowest BCUT2D eigenvalue weighted by atomic mass is 9.71. The van der Waals surface area contributed by atoms with Gasteiger partial charge in [0.25, 0.3) is 0 Å². The van der Waals surface area contributed by atoms with Gasteiger partial charge >= 0.3 is 18.3 Å². The normalized spacial score (nSPS) is 16.0. The molecule has 0 bridgehead atoms. The van der Waals surface area contributed by atoms with E-state index in [1.807, 2.05) is 50.2 Å². The minimum absolute atomic E-state index is 0.0202. The van der Waals surface area contributed by atoms with Gasteiger partial charge in [0.05, 0.1) is 0 Å². The number of carbonyl (C=O) groups excluding carboxylic acids is 7. The van der Waals surface area contributed by atoms with E-state index in [0.717, 1.165) is 5.56 Å². The number of likely N-dealkylation sites (tertiary alicyclic amines) is 2. The van der Waals surface area contributed by atoms with Crippen LogP contribution in [0.15, 0.2) is 91.0 Å². The Balaban J connectivity index is 1.24. The minimum atomic E-state index is -1.41. The summed E-state index contributed by atoms with van der Waals surface area (Å²) in [4.78, 5) is 110. The summed E-state index contributed by atoms with van der Waals surface area (Å²) in [5.74, 6) is -2.63. The maximum atomic E-state index is 14.4. The SMILES string of the molecule is CC(C)CC(NC(=O)C(Cc1ccccc1)NC(=O)C(Cc1ccccc1)NC(=O)O)C(=O)NC(CCCCNC(=O)OC(C)(C)C)C(=O)N1CC2(CCN(C(=O)C(C)NC(=O)OCc3ccccc3)CC2)C1. The number of hydrogen-bond acceptors (Lipinski definition) is 10. The number of alkyl carbamates (subject to hydrolysis) is 2. The van der Waals surface area contributed by atoms with Crippen LogP contribution in [0.3, 0.4) is 0 Å². The van der Waals surface area contributed by atoms with Gasteiger partial charge in [0.2, 0.25) is 29.5 Å². The van der Waals surface area contributed by atoms with Gasteiger partial charge in [0.15, 0.2) is 0 Å². The Hall–Kier alpha value is -7.18. The third-order valence-electron chi connectivity index (χ3n) is 12.8. The zero-order valence-corrected chi connectivity index (χ0v) is 42.9. The lowest BCUT2D eigenvalue weighted by molar-refractivity contribution is -0.153. The molecule has 3 aromatic carbocycles. The highest BCUT2D eigenvalue weighted by molar-refractivity contribution is 5.95. The van der Waals surface area contributed by atoms with Crippen LogP contribution in [0.1, 0.15) is 96.8 Å². The fourth-order valence-electron chi connectivity index (χ4n) is 8.96. The third kappa shape index (κ3) is 18.7. The van der Waals surface area contributed by atoms with Gasteiger partial charge in [-0.2, -0.15) is 0 Å². The molecule has 1 spiro atoms. The third-order valence-corrected chi connectivity index (χ3v) is 12.8. The summed E-state index contributed by atoms with van der Waals surface area (Å²) >= 11 is 0. The van der Waals surface area contributed by atoms with E-state index in [4.69, 9.17) is 9.47 Å². The molecule has 19 nitrogen and oxygen atoms in total. The van der Waals surface area contributed by atoms with Crippen LogP contribution < -0.4 is 31.9 Å². The Kier molecular flexibility index (Phi) is 21.0. The first kappa shape index (κ1) is 56.7. The summed E-state index contributed by atoms with van der Waals surface area (Å²) in [6.07, 6.45) is -0.0525. The summed E-state index contributed by atoms with van der Waals surface area (Å²) in [6.45, 7) is 12.7. The smallest absolute Gasteiger partial charge is 0.408 e. The Bertz CT molecular complexity index is 2310. The summed E-state index contributed by atoms with van der Waals surface area (Å²) < 4.78 is 10.6. The zero-order chi connectivity index (χ0) is 53.1. The molecule has 2 saturated heterocycles. The summed E-state index contributed by atoms with van der Waals surface area (Å²) in [6, 6.07) is 21.7. The molecule has 5 atom stereocenters. The average Bonchev–Trinajstić information content (AvgIpc) is 3.33. The van der Waals surface area contributed by atoms with E-state index >= 15 is 0 Å². The van der Waals surface area contributed by atoms with Crippen LogP contribution in [0.4, 0.5) is 14.4 Å². The maximum absolute atomic E-state index is 14.4. The van der Waals surface area contributed by atoms with Crippen LogP contribution in [0.5, 0.6) is 0 Å². The van der Waals surface area contributed by atoms with Gasteiger partial charge in [-0.05, 0) is 88.8 Å². The molecule has 2 heterocycles. The fourth-order valence-corrected chi connectivity index (χ4v) is 8.96. The van der Waals surface area contributed by atoms with E-state index in [2.05, 4.69) is 31.9 Å². The summed E-state index contributed by atoms with van der Waals surface area (Å²) in [5.41, 5.74) is 1.30. The first-order valence-electron chi connectivity index (χ1n) is 25.2. The van der Waals surface area contributed by atoms with Crippen LogP contribution in [0, 0.1) is 11.3 Å². The van der Waals surface area contributed by atoms with Crippen molar-refractivity contribution in [1.29, 1.82) is 0 Å². The Morgan fingerprint density at radius 3 is 1.62 bits per heavy atom. The number of piperidine rings is 1. The van der Waals surface area contributed by atoms with E-state index in [9.17, 15) is 43.5 Å². The molecule has 0 aromatic heterocycles. The van der Waals surface area contributed by atoms with Crippen molar-refractivity contribution in [1.82, 2.24) is 41.7 Å². The Labute approximate surface area is 428 Å². The highest BCUT2D eigenvalue weighted by Crippen LogP contribution is 2.41. The molecule has 396 valence electrons. The van der Waals surface area contributed by atoms with Gasteiger partial charge < -0.3 is 56.3 Å². The monoisotopic (exact) mass is 1010 g/mol. The average molecular weight is 1010 g/mol. The van der Waals surface area contributed by atoms with E-state index in [-0.39, 0.29) is 62.0 Å². The number of benzene rings is 3. The van der Waals surface area contributed by atoms with E-state index < -0.39 is 71.8 Å². The molecule has 73 heavy (non-hydrogen) atoms. The molecule has 7 N–H and O–H groups in total. The van der Waals surface area contributed by atoms with Crippen molar-refractivity contribution in [3.8, 4) is 0 Å². The molecule has 19 heteroatoms. The van der Waals surface area contributed by atoms with Crippen LogP contribution in [0.25, 0.3) is 0 Å². The first-order chi connectivity index (χ1) is 34.7. The number of carbonyl (C=O) groups is 8. The quantitative estimate of drug-likeness (QED) is 0.0618. The van der Waals surface area contributed by atoms with Gasteiger partial charge in [-0.15, -0.1) is 0 Å². The van der Waals surface area contributed by atoms with Crippen molar-refractivity contribution in [3.63, 3.8) is 0 Å². The fraction of sp³-hybridized carbons (Fsp3) is 0.519. The molecular formula is C54H74N8O11. The minimum Gasteiger partial charge on any atom is -0.465 e. The van der Waals surface area contributed by atoms with Gasteiger partial charge in [0, 0.05) is 51.0 Å². The molecule has 2 fully saturated rings. The van der Waals surface area contributed by atoms with Crippen LogP contribution in [0.2, 0.25) is 0 Å². The number of unbranched alkanes of at least 4 members (excludes halogenated alkanes) is 1. The zero-order valence-electron chi connectivity index (χ0n) is 42.9. The second-order valence-electron chi connectivity index (χ2n) is 20.6. The van der Waals surface area contributed by atoms with Crippen LogP contribution in [-0.4, -0.2) is 131 Å². The van der Waals surface area contributed by atoms with E-state index in [1.165, 1.54) is 0 Å². The predicted octanol–water partition coefficient (Wildman–Crippen LogP) is 5.07. The number of nitrogens with zero attached hydrogens (tertiary/aromatic N) is 2. The van der Waals surface area contributed by atoms with E-state index in [0.29, 0.717) is 63.0 Å². The Morgan fingerprint density at radius 2 is 1.10 bits per heavy atom. The lowest BCUT2D eigenvalue weighted by Crippen LogP contribution is -2.66. The van der Waals surface area contributed by atoms with Gasteiger partial charge in [0.1, 0.15) is 42.4 Å². The maximum Gasteiger partial charge on any atom is 0.408 e. The summed E-state index contributed by atoms with van der Waals surface area (Å²) in [7, 11) is 0. The number of amides is 8. The van der Waals surface area contributed by atoms with Gasteiger partial charge in [-0.3, -0.25) is 24.0 Å². The predicted molar refractivity (Wildman–Crippen MR) is 273 cm³/mol. The largest absolute Gasteiger partial charge is 0.465 e. The van der Waals surface area contributed by atoms with Crippen molar-refractivity contribution in [2.45, 2.75) is 135 Å². The lowest BCUT2D eigenvalue weighted by Gasteiger charge is -2.54. The van der Waals surface area contributed by atoms with Crippen LogP contribution in [-0.2, 0) is 52.9 Å². The van der Waals surface area contributed by atoms with Crippen molar-refractivity contribution < 1.29 is 52.9 Å². The van der Waals surface area contributed by atoms with Crippen molar-refractivity contribution in [2.24, 2.45) is 11.3 Å². The molecule has 0 saturated carbocycles. The molecule has 0 aliphatic carbocycles.